The molecule has 0 unspecified atom stereocenters. The number of hydrogen-bond acceptors (Lipinski definition) is 4. The summed E-state index contributed by atoms with van der Waals surface area (Å²) in [7, 11) is 0. The second-order valence-corrected chi connectivity index (χ2v) is 4.30. The lowest BCUT2D eigenvalue weighted by Crippen LogP contribution is -2.03. The molecule has 2 rings (SSSR count). The van der Waals surface area contributed by atoms with E-state index in [1.807, 2.05) is 36.4 Å². The lowest BCUT2D eigenvalue weighted by atomic mass is 10.3. The van der Waals surface area contributed by atoms with Gasteiger partial charge in [-0.2, -0.15) is 0 Å². The predicted octanol–water partition coefficient (Wildman–Crippen LogP) is 4.28. The van der Waals surface area contributed by atoms with E-state index in [0.29, 0.717) is 0 Å². The molecule has 0 atom stereocenters. The zero-order chi connectivity index (χ0) is 14.8. The lowest BCUT2D eigenvalue weighted by molar-refractivity contribution is 0.269. The Kier molecular flexibility index (Phi) is 12.5. The highest BCUT2D eigenvalue weighted by molar-refractivity contribution is 7.77. The third kappa shape index (κ3) is 10.5. The molecule has 0 radical (unpaired) electrons. The van der Waals surface area contributed by atoms with Crippen molar-refractivity contribution in [3.05, 3.63) is 60.7 Å². The summed E-state index contributed by atoms with van der Waals surface area (Å²) in [6.45, 7) is 0. The van der Waals surface area contributed by atoms with E-state index in [9.17, 15) is 9.59 Å². The number of para-hydroxylation sites is 2. The van der Waals surface area contributed by atoms with Crippen LogP contribution in [0.1, 0.15) is 0 Å². The van der Waals surface area contributed by atoms with Crippen molar-refractivity contribution in [2.24, 2.45) is 0 Å². The zero-order valence-electron chi connectivity index (χ0n) is 12.4. The SMILES string of the molecule is O=C([S-])Nc1ccccc1.O=C([S-])Nc1ccccc1.[NH4+].[NH4+]. The van der Waals surface area contributed by atoms with Gasteiger partial charge in [-0.3, -0.25) is 0 Å². The maximum Gasteiger partial charge on any atom is 0.102 e. The number of amides is 2. The molecule has 0 heterocycles. The summed E-state index contributed by atoms with van der Waals surface area (Å²) in [5.41, 5.74) is 1.48. The fraction of sp³-hybridized carbons (Fsp3) is 0. The predicted molar refractivity (Wildman–Crippen MR) is 97.6 cm³/mol. The van der Waals surface area contributed by atoms with Gasteiger partial charge in [0, 0.05) is 11.4 Å². The minimum Gasteiger partial charge on any atom is -0.719 e. The van der Waals surface area contributed by atoms with E-state index in [1.165, 1.54) is 0 Å². The molecule has 0 saturated carbocycles. The molecule has 2 aromatic carbocycles. The molecular weight excluding hydrogens is 320 g/mol. The van der Waals surface area contributed by atoms with Crippen molar-refractivity contribution in [1.82, 2.24) is 12.3 Å². The first kappa shape index (κ1) is 22.0. The van der Waals surface area contributed by atoms with Crippen LogP contribution in [-0.2, 0) is 25.3 Å². The standard InChI is InChI=1S/2C7H7NOS.2H3N/c2*9-7(10)8-6-4-2-1-3-5-6;;/h2*1-5H,(H2,8,9,10);2*1H3. The van der Waals surface area contributed by atoms with Crippen molar-refractivity contribution >= 4 is 47.1 Å². The van der Waals surface area contributed by atoms with Crippen molar-refractivity contribution < 1.29 is 9.59 Å². The first-order chi connectivity index (χ1) is 9.58. The van der Waals surface area contributed by atoms with Crippen molar-refractivity contribution in [3.63, 3.8) is 0 Å². The summed E-state index contributed by atoms with van der Waals surface area (Å²) in [5.74, 6) is 0. The summed E-state index contributed by atoms with van der Waals surface area (Å²) in [4.78, 5) is 20.6. The van der Waals surface area contributed by atoms with Crippen LogP contribution >= 0.6 is 0 Å². The molecule has 0 aliphatic rings. The Labute approximate surface area is 140 Å². The van der Waals surface area contributed by atoms with Crippen LogP contribution in [0.25, 0.3) is 0 Å². The first-order valence-electron chi connectivity index (χ1n) is 5.64. The molecule has 120 valence electrons. The average molecular weight is 340 g/mol. The minimum atomic E-state index is -0.453. The van der Waals surface area contributed by atoms with Crippen LogP contribution in [-0.4, -0.2) is 10.5 Å². The average Bonchev–Trinajstić information content (AvgIpc) is 2.40. The van der Waals surface area contributed by atoms with Crippen LogP contribution in [0.5, 0.6) is 0 Å². The van der Waals surface area contributed by atoms with Gasteiger partial charge in [-0.25, -0.2) is 0 Å². The molecule has 0 bridgehead atoms. The van der Waals surface area contributed by atoms with Gasteiger partial charge < -0.3 is 57.8 Å². The van der Waals surface area contributed by atoms with Crippen LogP contribution in [0.4, 0.5) is 21.0 Å². The third-order valence-electron chi connectivity index (χ3n) is 2.04. The van der Waals surface area contributed by atoms with Gasteiger partial charge in [-0.15, -0.1) is 0 Å². The topological polar surface area (TPSA) is 131 Å². The van der Waals surface area contributed by atoms with E-state index < -0.39 is 10.5 Å². The van der Waals surface area contributed by atoms with Crippen LogP contribution in [0, 0.1) is 0 Å². The number of hydrogen-bond donors (Lipinski definition) is 4. The minimum absolute atomic E-state index is 0. The Morgan fingerprint density at radius 2 is 0.909 bits per heavy atom. The van der Waals surface area contributed by atoms with E-state index in [2.05, 4.69) is 35.9 Å². The van der Waals surface area contributed by atoms with Crippen LogP contribution in [0.3, 0.4) is 0 Å². The van der Waals surface area contributed by atoms with Gasteiger partial charge in [0.15, 0.2) is 0 Å². The number of rotatable bonds is 2. The molecule has 8 heteroatoms. The van der Waals surface area contributed by atoms with E-state index in [4.69, 9.17) is 0 Å². The normalized spacial score (nSPS) is 8.00. The number of nitrogens with one attached hydrogen (secondary N) is 2. The molecule has 0 saturated heterocycles. The molecule has 0 fully saturated rings. The molecule has 0 spiro atoms. The van der Waals surface area contributed by atoms with Gasteiger partial charge in [-0.05, 0) is 24.3 Å². The van der Waals surface area contributed by atoms with Crippen molar-refractivity contribution in [3.8, 4) is 0 Å². The number of carbonyl (C=O) groups is 2. The number of quaternary nitrogens is 2. The third-order valence-corrected chi connectivity index (χ3v) is 2.24. The van der Waals surface area contributed by atoms with Gasteiger partial charge in [0.2, 0.25) is 0 Å². The molecule has 2 aromatic rings. The fourth-order valence-electron chi connectivity index (χ4n) is 1.28. The summed E-state index contributed by atoms with van der Waals surface area (Å²) in [5, 5.41) is 4.06. The Morgan fingerprint density at radius 3 is 1.14 bits per heavy atom. The van der Waals surface area contributed by atoms with E-state index in [-0.39, 0.29) is 12.3 Å². The van der Waals surface area contributed by atoms with Crippen LogP contribution in [0.15, 0.2) is 60.7 Å². The molecule has 0 aliphatic heterocycles. The molecule has 22 heavy (non-hydrogen) atoms. The van der Waals surface area contributed by atoms with E-state index in [0.717, 1.165) is 11.4 Å². The van der Waals surface area contributed by atoms with E-state index in [1.54, 1.807) is 24.3 Å². The number of anilines is 2. The zero-order valence-corrected chi connectivity index (χ0v) is 14.0. The van der Waals surface area contributed by atoms with Crippen LogP contribution in [0.2, 0.25) is 0 Å². The highest BCUT2D eigenvalue weighted by Gasteiger charge is 1.85. The van der Waals surface area contributed by atoms with Gasteiger partial charge in [0.05, 0.1) is 0 Å². The quantitative estimate of drug-likeness (QED) is 0.607. The monoisotopic (exact) mass is 340 g/mol. The molecule has 10 N–H and O–H groups in total. The van der Waals surface area contributed by atoms with Gasteiger partial charge in [0.1, 0.15) is 10.5 Å². The highest BCUT2D eigenvalue weighted by atomic mass is 32.1. The van der Waals surface area contributed by atoms with Crippen molar-refractivity contribution in [2.75, 3.05) is 10.6 Å². The van der Waals surface area contributed by atoms with Gasteiger partial charge >= 0.3 is 0 Å². The molecule has 2 amide bonds. The molecule has 6 nitrogen and oxygen atoms in total. The molecular formula is C14H20N4O2S2. The van der Waals surface area contributed by atoms with E-state index >= 15 is 0 Å². The summed E-state index contributed by atoms with van der Waals surface area (Å²) in [6.07, 6.45) is 0. The van der Waals surface area contributed by atoms with Crippen LogP contribution < -0.4 is 22.9 Å². The highest BCUT2D eigenvalue weighted by Crippen LogP contribution is 2.04. The second kappa shape index (κ2) is 12.5. The molecule has 0 aliphatic carbocycles. The Hall–Kier alpha value is -2.26. The summed E-state index contributed by atoms with van der Waals surface area (Å²) in [6, 6.07) is 18.2. The maximum absolute atomic E-state index is 10.3. The van der Waals surface area contributed by atoms with Gasteiger partial charge in [0.25, 0.3) is 0 Å². The maximum atomic E-state index is 10.3. The van der Waals surface area contributed by atoms with Crippen molar-refractivity contribution in [2.45, 2.75) is 0 Å². The first-order valence-corrected chi connectivity index (χ1v) is 6.45. The lowest BCUT2D eigenvalue weighted by Gasteiger charge is -2.06. The smallest absolute Gasteiger partial charge is 0.102 e. The number of carbonyl (C=O) groups excluding carboxylic acids is 2. The summed E-state index contributed by atoms with van der Waals surface area (Å²) >= 11 is 8.62. The summed E-state index contributed by atoms with van der Waals surface area (Å²) < 4.78 is 0. The Bertz CT molecular complexity index is 502. The Morgan fingerprint density at radius 1 is 0.636 bits per heavy atom. The fourth-order valence-corrected chi connectivity index (χ4v) is 1.51. The number of benzene rings is 2. The largest absolute Gasteiger partial charge is 0.719 e. The molecule has 0 aromatic heterocycles. The second-order valence-electron chi connectivity index (χ2n) is 3.56. The van der Waals surface area contributed by atoms with Gasteiger partial charge in [-0.1, -0.05) is 36.4 Å². The van der Waals surface area contributed by atoms with Crippen molar-refractivity contribution in [1.29, 1.82) is 0 Å². The Balaban J connectivity index is 0.